The van der Waals surface area contributed by atoms with Gasteiger partial charge in [-0.2, -0.15) is 0 Å². The van der Waals surface area contributed by atoms with Crippen LogP contribution in [0.3, 0.4) is 0 Å². The van der Waals surface area contributed by atoms with E-state index in [-0.39, 0.29) is 12.3 Å². The summed E-state index contributed by atoms with van der Waals surface area (Å²) in [6.07, 6.45) is 0.239. The predicted octanol–water partition coefficient (Wildman–Crippen LogP) is 4.35. The first-order valence-corrected chi connectivity index (χ1v) is 9.31. The molecule has 28 heavy (non-hydrogen) atoms. The molecule has 6 heteroatoms. The van der Waals surface area contributed by atoms with Gasteiger partial charge in [0.15, 0.2) is 11.6 Å². The number of nitrogens with one attached hydrogen (secondary N) is 1. The summed E-state index contributed by atoms with van der Waals surface area (Å²) in [6.45, 7) is 5.19. The second kappa shape index (κ2) is 9.50. The summed E-state index contributed by atoms with van der Waals surface area (Å²) in [5, 5.41) is 11.2. The zero-order valence-corrected chi connectivity index (χ0v) is 16.1. The van der Waals surface area contributed by atoms with Crippen LogP contribution in [-0.2, 0) is 4.79 Å². The van der Waals surface area contributed by atoms with E-state index in [9.17, 15) is 4.79 Å². The van der Waals surface area contributed by atoms with E-state index in [1.165, 1.54) is 5.56 Å². The summed E-state index contributed by atoms with van der Waals surface area (Å²) in [7, 11) is 0. The lowest BCUT2D eigenvalue weighted by Crippen LogP contribution is -2.19. The van der Waals surface area contributed by atoms with Crippen LogP contribution in [0, 0.1) is 6.92 Å². The first kappa shape index (κ1) is 19.4. The Balaban J connectivity index is 1.55. The molecule has 0 radical (unpaired) electrons. The number of benzene rings is 2. The fourth-order valence-electron chi connectivity index (χ4n) is 2.79. The van der Waals surface area contributed by atoms with Crippen molar-refractivity contribution < 1.29 is 9.53 Å². The number of aromatic nitrogens is 2. The Labute approximate surface area is 165 Å². The molecule has 0 saturated heterocycles. The van der Waals surface area contributed by atoms with Crippen LogP contribution in [0.4, 0.5) is 17.3 Å². The molecule has 2 aromatic carbocycles. The topological polar surface area (TPSA) is 67.4 Å². The number of aryl methyl sites for hydroxylation is 1. The summed E-state index contributed by atoms with van der Waals surface area (Å²) in [5.41, 5.74) is 2.25. The number of rotatable bonds is 8. The number of ether oxygens (including phenoxy) is 1. The highest BCUT2D eigenvalue weighted by Gasteiger charge is 2.10. The second-order valence-electron chi connectivity index (χ2n) is 6.32. The molecule has 1 N–H and O–H groups in total. The Morgan fingerprint density at radius 1 is 1.04 bits per heavy atom. The number of carbonyl (C=O) groups is 1. The molecule has 144 valence electrons. The monoisotopic (exact) mass is 376 g/mol. The summed E-state index contributed by atoms with van der Waals surface area (Å²) in [6, 6.07) is 21.3. The number of amides is 1. The Hall–Kier alpha value is -3.41. The van der Waals surface area contributed by atoms with E-state index in [0.29, 0.717) is 12.4 Å². The van der Waals surface area contributed by atoms with Gasteiger partial charge in [-0.05, 0) is 55.8 Å². The van der Waals surface area contributed by atoms with Crippen LogP contribution in [0.1, 0.15) is 18.9 Å². The maximum atomic E-state index is 12.1. The summed E-state index contributed by atoms with van der Waals surface area (Å²) < 4.78 is 5.53. The second-order valence-corrected chi connectivity index (χ2v) is 6.32. The molecule has 0 aliphatic carbocycles. The molecule has 1 aromatic heterocycles. The molecule has 3 rings (SSSR count). The van der Waals surface area contributed by atoms with E-state index < -0.39 is 0 Å². The molecule has 3 aromatic rings. The molecule has 0 fully saturated rings. The van der Waals surface area contributed by atoms with Gasteiger partial charge in [-0.25, -0.2) is 0 Å². The molecule has 1 amide bonds. The zero-order chi connectivity index (χ0) is 19.8. The van der Waals surface area contributed by atoms with Crippen LogP contribution in [0.2, 0.25) is 0 Å². The standard InChI is InChI=1S/C22H24N4O2/c1-3-26(18-9-7-8-17(2)16-18)21-13-12-20(24-25-21)23-22(27)14-15-28-19-10-5-4-6-11-19/h4-13,16H,3,14-15H2,1-2H3,(H,23,24,27). The molecule has 0 spiro atoms. The molecule has 0 bridgehead atoms. The summed E-state index contributed by atoms with van der Waals surface area (Å²) in [5.74, 6) is 1.74. The number of nitrogens with zero attached hydrogens (tertiary/aromatic N) is 3. The van der Waals surface area contributed by atoms with Gasteiger partial charge in [0.25, 0.3) is 0 Å². The van der Waals surface area contributed by atoms with Crippen LogP contribution in [0.5, 0.6) is 5.75 Å². The largest absolute Gasteiger partial charge is 0.493 e. The number of anilines is 3. The van der Waals surface area contributed by atoms with E-state index in [4.69, 9.17) is 4.74 Å². The number of carbonyl (C=O) groups excluding carboxylic acids is 1. The molecule has 0 aliphatic heterocycles. The van der Waals surface area contributed by atoms with Gasteiger partial charge in [0, 0.05) is 12.2 Å². The van der Waals surface area contributed by atoms with Gasteiger partial charge in [0.2, 0.25) is 5.91 Å². The maximum absolute atomic E-state index is 12.1. The van der Waals surface area contributed by atoms with E-state index >= 15 is 0 Å². The summed E-state index contributed by atoms with van der Waals surface area (Å²) in [4.78, 5) is 14.1. The smallest absolute Gasteiger partial charge is 0.229 e. The highest BCUT2D eigenvalue weighted by atomic mass is 16.5. The van der Waals surface area contributed by atoms with Crippen molar-refractivity contribution in [3.8, 4) is 5.75 Å². The molecule has 0 atom stereocenters. The SMILES string of the molecule is CCN(c1cccc(C)c1)c1ccc(NC(=O)CCOc2ccccc2)nn1. The lowest BCUT2D eigenvalue weighted by Gasteiger charge is -2.22. The van der Waals surface area contributed by atoms with Gasteiger partial charge >= 0.3 is 0 Å². The first-order chi connectivity index (χ1) is 13.7. The Kier molecular flexibility index (Phi) is 6.57. The van der Waals surface area contributed by atoms with Gasteiger partial charge in [0.05, 0.1) is 13.0 Å². The minimum Gasteiger partial charge on any atom is -0.493 e. The van der Waals surface area contributed by atoms with Crippen molar-refractivity contribution in [1.82, 2.24) is 10.2 Å². The van der Waals surface area contributed by atoms with Crippen molar-refractivity contribution >= 4 is 23.2 Å². The van der Waals surface area contributed by atoms with Gasteiger partial charge in [-0.15, -0.1) is 10.2 Å². The minimum atomic E-state index is -0.163. The van der Waals surface area contributed by atoms with Gasteiger partial charge in [-0.1, -0.05) is 30.3 Å². The molecule has 6 nitrogen and oxygen atoms in total. The van der Waals surface area contributed by atoms with Gasteiger partial charge in [-0.3, -0.25) is 4.79 Å². The molecular weight excluding hydrogens is 352 g/mol. The Morgan fingerprint density at radius 2 is 1.86 bits per heavy atom. The van der Waals surface area contributed by atoms with Crippen molar-refractivity contribution in [1.29, 1.82) is 0 Å². The van der Waals surface area contributed by atoms with E-state index in [1.807, 2.05) is 48.5 Å². The zero-order valence-electron chi connectivity index (χ0n) is 16.1. The minimum absolute atomic E-state index is 0.163. The third-order valence-corrected chi connectivity index (χ3v) is 4.17. The van der Waals surface area contributed by atoms with Gasteiger partial charge < -0.3 is 15.0 Å². The highest BCUT2D eigenvalue weighted by molar-refractivity contribution is 5.89. The molecule has 0 saturated carbocycles. The molecule has 0 unspecified atom stereocenters. The fourth-order valence-corrected chi connectivity index (χ4v) is 2.79. The summed E-state index contributed by atoms with van der Waals surface area (Å²) >= 11 is 0. The van der Waals surface area contributed by atoms with Crippen molar-refractivity contribution in [3.05, 3.63) is 72.3 Å². The number of hydrogen-bond acceptors (Lipinski definition) is 5. The van der Waals surface area contributed by atoms with Crippen LogP contribution >= 0.6 is 0 Å². The quantitative estimate of drug-likeness (QED) is 0.633. The Morgan fingerprint density at radius 3 is 2.54 bits per heavy atom. The Bertz CT molecular complexity index is 898. The van der Waals surface area contributed by atoms with Crippen LogP contribution in [0.25, 0.3) is 0 Å². The van der Waals surface area contributed by atoms with Crippen molar-refractivity contribution in [3.63, 3.8) is 0 Å². The highest BCUT2D eigenvalue weighted by Crippen LogP contribution is 2.24. The number of hydrogen-bond donors (Lipinski definition) is 1. The third kappa shape index (κ3) is 5.30. The fraction of sp³-hybridized carbons (Fsp3) is 0.227. The lowest BCUT2D eigenvalue weighted by molar-refractivity contribution is -0.116. The average molecular weight is 376 g/mol. The molecular formula is C22H24N4O2. The van der Waals surface area contributed by atoms with Crippen LogP contribution < -0.4 is 15.0 Å². The normalized spacial score (nSPS) is 10.4. The third-order valence-electron chi connectivity index (χ3n) is 4.17. The van der Waals surface area contributed by atoms with E-state index in [1.54, 1.807) is 6.07 Å². The number of para-hydroxylation sites is 1. The van der Waals surface area contributed by atoms with E-state index in [2.05, 4.69) is 46.4 Å². The molecule has 1 heterocycles. The van der Waals surface area contributed by atoms with Crippen LogP contribution in [0.15, 0.2) is 66.7 Å². The van der Waals surface area contributed by atoms with Crippen molar-refractivity contribution in [2.75, 3.05) is 23.4 Å². The van der Waals surface area contributed by atoms with Gasteiger partial charge in [0.1, 0.15) is 5.75 Å². The van der Waals surface area contributed by atoms with Crippen LogP contribution in [-0.4, -0.2) is 29.3 Å². The predicted molar refractivity (Wildman–Crippen MR) is 111 cm³/mol. The lowest BCUT2D eigenvalue weighted by atomic mass is 10.2. The first-order valence-electron chi connectivity index (χ1n) is 9.31. The van der Waals surface area contributed by atoms with E-state index in [0.717, 1.165) is 23.8 Å². The van der Waals surface area contributed by atoms with Crippen molar-refractivity contribution in [2.24, 2.45) is 0 Å². The average Bonchev–Trinajstić information content (AvgIpc) is 2.71. The molecule has 0 aliphatic rings. The van der Waals surface area contributed by atoms with Crippen molar-refractivity contribution in [2.45, 2.75) is 20.3 Å². The maximum Gasteiger partial charge on any atom is 0.229 e.